The van der Waals surface area contributed by atoms with Crippen molar-refractivity contribution in [2.75, 3.05) is 20.7 Å². The molecule has 0 N–H and O–H groups in total. The number of ketones is 1. The van der Waals surface area contributed by atoms with E-state index in [1.54, 1.807) is 0 Å². The van der Waals surface area contributed by atoms with Crippen LogP contribution in [0.2, 0.25) is 0 Å². The van der Waals surface area contributed by atoms with Crippen molar-refractivity contribution >= 4 is 5.78 Å². The van der Waals surface area contributed by atoms with Crippen LogP contribution in [-0.4, -0.2) is 37.4 Å². The maximum Gasteiger partial charge on any atom is 0.177 e. The van der Waals surface area contributed by atoms with Crippen LogP contribution < -0.4 is 4.74 Å². The highest BCUT2D eigenvalue weighted by Crippen LogP contribution is 2.40. The predicted octanol–water partition coefficient (Wildman–Crippen LogP) is 5.59. The monoisotopic (exact) mass is 401 g/mol. The fraction of sp³-hybridized carbons (Fsp3) is 0.296. The molecule has 3 nitrogen and oxygen atoms in total. The molecule has 3 aromatic carbocycles. The van der Waals surface area contributed by atoms with E-state index in [1.807, 2.05) is 67.6 Å². The summed E-state index contributed by atoms with van der Waals surface area (Å²) in [7, 11) is 4.12. The van der Waals surface area contributed by atoms with Crippen LogP contribution in [0.1, 0.15) is 41.8 Å². The van der Waals surface area contributed by atoms with Crippen molar-refractivity contribution in [2.45, 2.75) is 31.7 Å². The summed E-state index contributed by atoms with van der Waals surface area (Å²) in [5.74, 6) is 0.886. The highest BCUT2D eigenvalue weighted by molar-refractivity contribution is 6.06. The van der Waals surface area contributed by atoms with Gasteiger partial charge in [-0.05, 0) is 69.8 Å². The molecule has 3 heteroatoms. The van der Waals surface area contributed by atoms with E-state index in [1.165, 1.54) is 0 Å². The van der Waals surface area contributed by atoms with Crippen molar-refractivity contribution in [1.29, 1.82) is 0 Å². The number of carbonyl (C=O) groups excluding carboxylic acids is 1. The van der Waals surface area contributed by atoms with Gasteiger partial charge in [0.05, 0.1) is 12.0 Å². The molecule has 0 unspecified atom stereocenters. The third-order valence-electron chi connectivity index (χ3n) is 5.83. The first-order valence-corrected chi connectivity index (χ1v) is 10.5. The van der Waals surface area contributed by atoms with Gasteiger partial charge in [0.25, 0.3) is 0 Å². The Balaban J connectivity index is 2.19. The van der Waals surface area contributed by atoms with E-state index >= 15 is 0 Å². The van der Waals surface area contributed by atoms with E-state index in [0.29, 0.717) is 18.6 Å². The van der Waals surface area contributed by atoms with Crippen LogP contribution in [0.3, 0.4) is 0 Å². The summed E-state index contributed by atoms with van der Waals surface area (Å²) in [5.41, 5.74) is 1.95. The third-order valence-corrected chi connectivity index (χ3v) is 5.83. The maximum atomic E-state index is 14.2. The number of nitrogens with zero attached hydrogens (tertiary/aromatic N) is 1. The molecule has 3 rings (SSSR count). The summed E-state index contributed by atoms with van der Waals surface area (Å²) in [6.45, 7) is 4.73. The van der Waals surface area contributed by atoms with Gasteiger partial charge in [0.2, 0.25) is 0 Å². The molecule has 3 aromatic rings. The minimum atomic E-state index is -0.778. The van der Waals surface area contributed by atoms with Crippen LogP contribution in [0, 0.1) is 0 Å². The van der Waals surface area contributed by atoms with E-state index in [9.17, 15) is 4.79 Å². The second kappa shape index (κ2) is 9.73. The highest BCUT2D eigenvalue weighted by Gasteiger charge is 2.43. The van der Waals surface area contributed by atoms with Gasteiger partial charge in [-0.15, -0.1) is 0 Å². The summed E-state index contributed by atoms with van der Waals surface area (Å²) in [6.07, 6.45) is 0.681. The van der Waals surface area contributed by atoms with Gasteiger partial charge in [0, 0.05) is 11.6 Å². The lowest BCUT2D eigenvalue weighted by molar-refractivity contribution is 0.0882. The normalized spacial score (nSPS) is 12.6. The molecule has 0 aromatic heterocycles. The maximum absolute atomic E-state index is 14.2. The number of hydrogen-bond donors (Lipinski definition) is 0. The first kappa shape index (κ1) is 21.8. The molecule has 0 fully saturated rings. The minimum Gasteiger partial charge on any atom is -0.494 e. The van der Waals surface area contributed by atoms with E-state index in [4.69, 9.17) is 4.74 Å². The fourth-order valence-electron chi connectivity index (χ4n) is 3.94. The van der Waals surface area contributed by atoms with Crippen molar-refractivity contribution in [3.8, 4) is 5.75 Å². The molecular weight excluding hydrogens is 370 g/mol. The zero-order chi connectivity index (χ0) is 21.6. The zero-order valence-electron chi connectivity index (χ0n) is 18.3. The van der Waals surface area contributed by atoms with Crippen LogP contribution in [-0.2, 0) is 5.41 Å². The average Bonchev–Trinajstić information content (AvgIpc) is 2.78. The first-order chi connectivity index (χ1) is 14.5. The summed E-state index contributed by atoms with van der Waals surface area (Å²) >= 11 is 0. The third kappa shape index (κ3) is 4.47. The molecule has 0 aliphatic rings. The van der Waals surface area contributed by atoms with Gasteiger partial charge in [-0.25, -0.2) is 0 Å². The topological polar surface area (TPSA) is 29.5 Å². The van der Waals surface area contributed by atoms with Crippen molar-refractivity contribution in [2.24, 2.45) is 0 Å². The number of carbonyl (C=O) groups is 1. The molecule has 0 amide bonds. The molecule has 30 heavy (non-hydrogen) atoms. The molecule has 0 heterocycles. The van der Waals surface area contributed by atoms with Crippen LogP contribution in [0.5, 0.6) is 5.75 Å². The van der Waals surface area contributed by atoms with Gasteiger partial charge >= 0.3 is 0 Å². The number of Topliss-reactive ketones (excluding diaryl/α,β-unsaturated/α-hetero) is 1. The Morgan fingerprint density at radius 2 is 1.37 bits per heavy atom. The molecule has 0 radical (unpaired) electrons. The Morgan fingerprint density at radius 3 is 1.80 bits per heavy atom. The van der Waals surface area contributed by atoms with Crippen molar-refractivity contribution in [3.05, 3.63) is 102 Å². The molecule has 0 aliphatic carbocycles. The van der Waals surface area contributed by atoms with Gasteiger partial charge in [0.15, 0.2) is 5.78 Å². The van der Waals surface area contributed by atoms with Gasteiger partial charge in [-0.1, -0.05) is 60.7 Å². The summed E-state index contributed by atoms with van der Waals surface area (Å²) in [6, 6.07) is 28.1. The average molecular weight is 402 g/mol. The van der Waals surface area contributed by atoms with Gasteiger partial charge in [-0.2, -0.15) is 0 Å². The Labute approximate surface area is 180 Å². The lowest BCUT2D eigenvalue weighted by atomic mass is 9.66. The Hall–Kier alpha value is -2.91. The summed E-state index contributed by atoms with van der Waals surface area (Å²) in [4.78, 5) is 16.4. The lowest BCUT2D eigenvalue weighted by Gasteiger charge is -2.38. The highest BCUT2D eigenvalue weighted by atomic mass is 16.5. The van der Waals surface area contributed by atoms with E-state index in [-0.39, 0.29) is 11.8 Å². The standard InChI is InChI=1S/C27H31NO2/c1-5-30-25-18-16-22(17-19-25)26(29)27(20-21(2)28(3)4,23-12-8-6-9-13-23)24-14-10-7-11-15-24/h6-19,21H,5,20H2,1-4H3/t21-/m0/s1. The molecule has 0 spiro atoms. The Morgan fingerprint density at radius 1 is 0.867 bits per heavy atom. The van der Waals surface area contributed by atoms with Gasteiger partial charge < -0.3 is 9.64 Å². The van der Waals surface area contributed by atoms with Crippen LogP contribution in [0.25, 0.3) is 0 Å². The van der Waals surface area contributed by atoms with Gasteiger partial charge in [-0.3, -0.25) is 4.79 Å². The number of benzene rings is 3. The Kier molecular flexibility index (Phi) is 7.07. The van der Waals surface area contributed by atoms with E-state index in [0.717, 1.165) is 16.9 Å². The largest absolute Gasteiger partial charge is 0.494 e. The lowest BCUT2D eigenvalue weighted by Crippen LogP contribution is -2.43. The van der Waals surface area contributed by atoms with Crippen LogP contribution in [0.15, 0.2) is 84.9 Å². The molecule has 1 atom stereocenters. The van der Waals surface area contributed by atoms with E-state index in [2.05, 4.69) is 50.2 Å². The van der Waals surface area contributed by atoms with Crippen LogP contribution >= 0.6 is 0 Å². The smallest absolute Gasteiger partial charge is 0.177 e. The van der Waals surface area contributed by atoms with Crippen LogP contribution in [0.4, 0.5) is 0 Å². The SMILES string of the molecule is CCOc1ccc(C(=O)C(C[C@H](C)N(C)C)(c2ccccc2)c2ccccc2)cc1. The molecule has 0 saturated carbocycles. The molecule has 0 aliphatic heterocycles. The molecule has 0 saturated heterocycles. The molecular formula is C27H31NO2. The molecule has 0 bridgehead atoms. The summed E-state index contributed by atoms with van der Waals surface area (Å²) < 4.78 is 5.57. The number of ether oxygens (including phenoxy) is 1. The Bertz CT molecular complexity index is 894. The predicted molar refractivity (Wildman–Crippen MR) is 123 cm³/mol. The van der Waals surface area contributed by atoms with Crippen molar-refractivity contribution in [3.63, 3.8) is 0 Å². The second-order valence-corrected chi connectivity index (χ2v) is 7.94. The number of rotatable bonds is 9. The second-order valence-electron chi connectivity index (χ2n) is 7.94. The minimum absolute atomic E-state index is 0.108. The molecule has 156 valence electrons. The fourth-order valence-corrected chi connectivity index (χ4v) is 3.94. The van der Waals surface area contributed by atoms with Gasteiger partial charge in [0.1, 0.15) is 5.75 Å². The summed E-state index contributed by atoms with van der Waals surface area (Å²) in [5, 5.41) is 0. The number of hydrogen-bond acceptors (Lipinski definition) is 3. The first-order valence-electron chi connectivity index (χ1n) is 10.5. The zero-order valence-corrected chi connectivity index (χ0v) is 18.3. The van der Waals surface area contributed by atoms with Crippen molar-refractivity contribution in [1.82, 2.24) is 4.90 Å². The quantitative estimate of drug-likeness (QED) is 0.438. The van der Waals surface area contributed by atoms with Crippen molar-refractivity contribution < 1.29 is 9.53 Å². The van der Waals surface area contributed by atoms with E-state index < -0.39 is 5.41 Å².